The van der Waals surface area contributed by atoms with Crippen LogP contribution in [0.25, 0.3) is 0 Å². The average molecular weight is 232 g/mol. The fraction of sp³-hybridized carbons (Fsp3) is 0.600. The molecule has 2 heteroatoms. The molecule has 2 atom stereocenters. The van der Waals surface area contributed by atoms with Crippen molar-refractivity contribution < 1.29 is 0 Å². The van der Waals surface area contributed by atoms with Gasteiger partial charge in [-0.15, -0.1) is 0 Å². The topological polar surface area (TPSA) is 29.3 Å². The number of benzene rings is 1. The first-order valence-electron chi connectivity index (χ1n) is 6.66. The summed E-state index contributed by atoms with van der Waals surface area (Å²) in [6, 6.07) is 9.85. The van der Waals surface area contributed by atoms with E-state index in [0.717, 1.165) is 6.54 Å². The van der Waals surface area contributed by atoms with E-state index in [4.69, 9.17) is 5.73 Å². The smallest absolute Gasteiger partial charge is 0.0394 e. The van der Waals surface area contributed by atoms with Crippen LogP contribution in [0, 0.1) is 12.8 Å². The van der Waals surface area contributed by atoms with Crippen LogP contribution in [0.2, 0.25) is 0 Å². The molecule has 0 amide bonds. The highest BCUT2D eigenvalue weighted by Gasteiger charge is 2.36. The van der Waals surface area contributed by atoms with Gasteiger partial charge in [0.05, 0.1) is 0 Å². The van der Waals surface area contributed by atoms with Crippen molar-refractivity contribution in [1.29, 1.82) is 0 Å². The molecule has 0 spiro atoms. The first kappa shape index (κ1) is 12.6. The molecule has 2 rings (SSSR count). The van der Waals surface area contributed by atoms with Crippen molar-refractivity contribution in [3.05, 3.63) is 35.4 Å². The zero-order chi connectivity index (χ0) is 12.4. The SMILES string of the molecule is Cc1ccccc1C1C(CN)CCN1C(C)C. The molecule has 0 aromatic heterocycles. The van der Waals surface area contributed by atoms with Crippen LogP contribution in [0.5, 0.6) is 0 Å². The number of hydrogen-bond acceptors (Lipinski definition) is 2. The lowest BCUT2D eigenvalue weighted by Gasteiger charge is -2.32. The summed E-state index contributed by atoms with van der Waals surface area (Å²) in [7, 11) is 0. The summed E-state index contributed by atoms with van der Waals surface area (Å²) >= 11 is 0. The molecule has 0 radical (unpaired) electrons. The summed E-state index contributed by atoms with van der Waals surface area (Å²) in [5, 5.41) is 0. The van der Waals surface area contributed by atoms with Gasteiger partial charge in [0.25, 0.3) is 0 Å². The fourth-order valence-electron chi connectivity index (χ4n) is 3.06. The Hall–Kier alpha value is -0.860. The van der Waals surface area contributed by atoms with Gasteiger partial charge in [0.2, 0.25) is 0 Å². The minimum Gasteiger partial charge on any atom is -0.330 e. The number of rotatable bonds is 3. The van der Waals surface area contributed by atoms with Crippen molar-refractivity contribution in [3.8, 4) is 0 Å². The third kappa shape index (κ3) is 2.38. The summed E-state index contributed by atoms with van der Waals surface area (Å²) in [6.07, 6.45) is 1.23. The van der Waals surface area contributed by atoms with Crippen LogP contribution in [0.4, 0.5) is 0 Å². The molecule has 1 fully saturated rings. The maximum Gasteiger partial charge on any atom is 0.0394 e. The normalized spacial score (nSPS) is 25.7. The second-order valence-electron chi connectivity index (χ2n) is 5.42. The Kier molecular flexibility index (Phi) is 3.85. The largest absolute Gasteiger partial charge is 0.330 e. The highest BCUT2D eigenvalue weighted by Crippen LogP contribution is 2.39. The van der Waals surface area contributed by atoms with Gasteiger partial charge in [0.15, 0.2) is 0 Å². The van der Waals surface area contributed by atoms with Gasteiger partial charge in [-0.1, -0.05) is 24.3 Å². The Morgan fingerprint density at radius 1 is 1.35 bits per heavy atom. The zero-order valence-electron chi connectivity index (χ0n) is 11.2. The van der Waals surface area contributed by atoms with Crippen molar-refractivity contribution in [2.75, 3.05) is 13.1 Å². The lowest BCUT2D eigenvalue weighted by molar-refractivity contribution is 0.184. The van der Waals surface area contributed by atoms with Gasteiger partial charge in [-0.05, 0) is 57.3 Å². The number of hydrogen-bond donors (Lipinski definition) is 1. The van der Waals surface area contributed by atoms with Crippen LogP contribution in [-0.2, 0) is 0 Å². The molecule has 1 aliphatic rings. The van der Waals surface area contributed by atoms with E-state index in [1.807, 2.05) is 0 Å². The molecular formula is C15H24N2. The summed E-state index contributed by atoms with van der Waals surface area (Å²) in [4.78, 5) is 2.60. The Morgan fingerprint density at radius 3 is 2.65 bits per heavy atom. The van der Waals surface area contributed by atoms with Crippen LogP contribution in [0.1, 0.15) is 37.4 Å². The predicted molar refractivity (Wildman–Crippen MR) is 72.9 cm³/mol. The van der Waals surface area contributed by atoms with Gasteiger partial charge in [0, 0.05) is 12.1 Å². The second-order valence-corrected chi connectivity index (χ2v) is 5.42. The molecular weight excluding hydrogens is 208 g/mol. The standard InChI is InChI=1S/C15H24N2/c1-11(2)17-9-8-13(10-16)15(17)14-7-5-4-6-12(14)3/h4-7,11,13,15H,8-10,16H2,1-3H3. The Bertz CT molecular complexity index is 373. The number of aryl methyl sites for hydroxylation is 1. The van der Waals surface area contributed by atoms with E-state index in [0.29, 0.717) is 18.0 Å². The van der Waals surface area contributed by atoms with Gasteiger partial charge >= 0.3 is 0 Å². The number of nitrogens with two attached hydrogens (primary N) is 1. The summed E-state index contributed by atoms with van der Waals surface area (Å²) < 4.78 is 0. The van der Waals surface area contributed by atoms with E-state index in [-0.39, 0.29) is 0 Å². The Balaban J connectivity index is 2.35. The summed E-state index contributed by atoms with van der Waals surface area (Å²) in [5.74, 6) is 0.610. The van der Waals surface area contributed by atoms with Gasteiger partial charge in [-0.2, -0.15) is 0 Å². The quantitative estimate of drug-likeness (QED) is 0.868. The molecule has 2 unspecified atom stereocenters. The number of likely N-dealkylation sites (tertiary alicyclic amines) is 1. The Labute approximate surface area is 105 Å². The van der Waals surface area contributed by atoms with E-state index in [1.165, 1.54) is 24.1 Å². The first-order chi connectivity index (χ1) is 8.15. The third-order valence-electron chi connectivity index (χ3n) is 4.04. The zero-order valence-corrected chi connectivity index (χ0v) is 11.2. The van der Waals surface area contributed by atoms with Crippen molar-refractivity contribution in [2.24, 2.45) is 11.7 Å². The first-order valence-corrected chi connectivity index (χ1v) is 6.66. The van der Waals surface area contributed by atoms with Gasteiger partial charge in [-0.3, -0.25) is 4.90 Å². The minimum atomic E-state index is 0.515. The second kappa shape index (κ2) is 5.19. The van der Waals surface area contributed by atoms with E-state index in [2.05, 4.69) is 49.9 Å². The molecule has 1 heterocycles. The molecule has 0 bridgehead atoms. The van der Waals surface area contributed by atoms with Crippen LogP contribution in [0.15, 0.2) is 24.3 Å². The molecule has 2 N–H and O–H groups in total. The predicted octanol–water partition coefficient (Wildman–Crippen LogP) is 2.73. The molecule has 0 aliphatic carbocycles. The fourth-order valence-corrected chi connectivity index (χ4v) is 3.06. The van der Waals surface area contributed by atoms with E-state index >= 15 is 0 Å². The van der Waals surface area contributed by atoms with Crippen molar-refractivity contribution in [3.63, 3.8) is 0 Å². The molecule has 1 saturated heterocycles. The maximum absolute atomic E-state index is 5.95. The van der Waals surface area contributed by atoms with E-state index in [9.17, 15) is 0 Å². The lowest BCUT2D eigenvalue weighted by atomic mass is 9.90. The maximum atomic E-state index is 5.95. The molecule has 94 valence electrons. The molecule has 0 saturated carbocycles. The molecule has 17 heavy (non-hydrogen) atoms. The third-order valence-corrected chi connectivity index (χ3v) is 4.04. The van der Waals surface area contributed by atoms with E-state index in [1.54, 1.807) is 0 Å². The van der Waals surface area contributed by atoms with Crippen molar-refractivity contribution in [2.45, 2.75) is 39.3 Å². The Morgan fingerprint density at radius 2 is 2.06 bits per heavy atom. The summed E-state index contributed by atoms with van der Waals surface area (Å²) in [6.45, 7) is 8.74. The van der Waals surface area contributed by atoms with Gasteiger partial charge < -0.3 is 5.73 Å². The van der Waals surface area contributed by atoms with Gasteiger partial charge in [0.1, 0.15) is 0 Å². The molecule has 1 aromatic rings. The van der Waals surface area contributed by atoms with Crippen LogP contribution >= 0.6 is 0 Å². The summed E-state index contributed by atoms with van der Waals surface area (Å²) in [5.41, 5.74) is 8.81. The van der Waals surface area contributed by atoms with Crippen LogP contribution < -0.4 is 5.73 Å². The minimum absolute atomic E-state index is 0.515. The van der Waals surface area contributed by atoms with Gasteiger partial charge in [-0.25, -0.2) is 0 Å². The highest BCUT2D eigenvalue weighted by molar-refractivity contribution is 5.30. The average Bonchev–Trinajstić information content (AvgIpc) is 2.73. The molecule has 1 aromatic carbocycles. The van der Waals surface area contributed by atoms with E-state index < -0.39 is 0 Å². The monoisotopic (exact) mass is 232 g/mol. The number of nitrogens with zero attached hydrogens (tertiary/aromatic N) is 1. The van der Waals surface area contributed by atoms with Crippen LogP contribution in [-0.4, -0.2) is 24.0 Å². The van der Waals surface area contributed by atoms with Crippen molar-refractivity contribution >= 4 is 0 Å². The van der Waals surface area contributed by atoms with Crippen molar-refractivity contribution in [1.82, 2.24) is 4.90 Å². The highest BCUT2D eigenvalue weighted by atomic mass is 15.2. The molecule has 2 nitrogen and oxygen atoms in total. The lowest BCUT2D eigenvalue weighted by Crippen LogP contribution is -2.33. The molecule has 1 aliphatic heterocycles. The van der Waals surface area contributed by atoms with Crippen LogP contribution in [0.3, 0.4) is 0 Å².